The van der Waals surface area contributed by atoms with Crippen LogP contribution in [-0.2, 0) is 39.8 Å². The molecule has 0 unspecified atom stereocenters. The van der Waals surface area contributed by atoms with Gasteiger partial charge in [0.2, 0.25) is 12.2 Å². The Hall–Kier alpha value is -3.85. The van der Waals surface area contributed by atoms with Crippen molar-refractivity contribution in [2.75, 3.05) is 20.8 Å². The number of benzene rings is 2. The maximum Gasteiger partial charge on any atom is 0.508 e. The molecule has 1 fully saturated rings. The molecule has 3 aromatic rings. The quantitative estimate of drug-likeness (QED) is 0.293. The van der Waals surface area contributed by atoms with E-state index in [0.717, 1.165) is 23.8 Å². The van der Waals surface area contributed by atoms with Gasteiger partial charge in [0.1, 0.15) is 42.5 Å². The van der Waals surface area contributed by atoms with Crippen molar-refractivity contribution < 1.29 is 57.0 Å². The van der Waals surface area contributed by atoms with Crippen molar-refractivity contribution in [3.05, 3.63) is 76.5 Å². The number of carbonyl (C=O) groups is 1. The summed E-state index contributed by atoms with van der Waals surface area (Å²) in [6, 6.07) is 13.4. The minimum Gasteiger partial charge on any atom is -0.497 e. The van der Waals surface area contributed by atoms with Crippen LogP contribution in [0.3, 0.4) is 0 Å². The van der Waals surface area contributed by atoms with E-state index in [4.69, 9.17) is 18.9 Å². The number of carbonyl (C=O) groups excluding carboxylic acids is 1. The van der Waals surface area contributed by atoms with Crippen LogP contribution in [0.5, 0.6) is 11.6 Å². The molecule has 1 aliphatic rings. The van der Waals surface area contributed by atoms with Crippen molar-refractivity contribution in [2.24, 2.45) is 0 Å². The monoisotopic (exact) mass is 610 g/mol. The minimum atomic E-state index is -4.86. The zero-order chi connectivity index (χ0) is 31.3. The Morgan fingerprint density at radius 3 is 2.16 bits per heavy atom. The Labute approximate surface area is 245 Å². The second kappa shape index (κ2) is 13.6. The smallest absolute Gasteiger partial charge is 0.497 e. The third-order valence-corrected chi connectivity index (χ3v) is 7.01. The fraction of sp³-hybridized carbons (Fsp3) is 0.448. The summed E-state index contributed by atoms with van der Waals surface area (Å²) in [5.41, 5.74) is 0.629. The molecular weight excluding hydrogens is 577 g/mol. The number of aryl methyl sites for hydroxylation is 1. The highest BCUT2D eigenvalue weighted by Crippen LogP contribution is 2.39. The predicted molar refractivity (Wildman–Crippen MR) is 144 cm³/mol. The lowest BCUT2D eigenvalue weighted by atomic mass is 9.99. The lowest BCUT2D eigenvalue weighted by Crippen LogP contribution is -2.60. The van der Waals surface area contributed by atoms with E-state index in [2.05, 4.69) is 9.84 Å². The molecular formula is C29H33F3N2O9. The standard InChI is InChI=1S/C29H33F3N2O9/c1-4-16-5-7-17(8-6-16)13-20-25(29(30,31)32)34(14-18-9-11-19(39-2)12-10-18)33-26(20)43-27-24(37)23(36)22(35)21(42-27)15-41-28(38)40-3/h5-12,21-24,27,35-37H,4,13-15H2,1-3H3/t21-,22-,23+,24-,27+/m1/s1. The van der Waals surface area contributed by atoms with Gasteiger partial charge >= 0.3 is 12.3 Å². The summed E-state index contributed by atoms with van der Waals surface area (Å²) in [6.07, 6.45) is -14.1. The molecule has 0 bridgehead atoms. The van der Waals surface area contributed by atoms with Gasteiger partial charge in [0.25, 0.3) is 0 Å². The number of alkyl halides is 3. The average Bonchev–Trinajstić information content (AvgIpc) is 3.33. The van der Waals surface area contributed by atoms with Crippen molar-refractivity contribution >= 4 is 6.16 Å². The van der Waals surface area contributed by atoms with Crippen molar-refractivity contribution in [3.8, 4) is 11.6 Å². The molecule has 4 rings (SSSR count). The first-order valence-corrected chi connectivity index (χ1v) is 13.4. The van der Waals surface area contributed by atoms with Crippen LogP contribution in [-0.4, -0.2) is 82.8 Å². The Morgan fingerprint density at radius 1 is 0.953 bits per heavy atom. The number of ether oxygens (including phenoxy) is 5. The molecule has 1 aliphatic heterocycles. The van der Waals surface area contributed by atoms with Gasteiger partial charge < -0.3 is 39.0 Å². The van der Waals surface area contributed by atoms with Crippen molar-refractivity contribution in [3.63, 3.8) is 0 Å². The van der Waals surface area contributed by atoms with E-state index in [1.807, 2.05) is 19.1 Å². The lowest BCUT2D eigenvalue weighted by molar-refractivity contribution is -0.278. The Morgan fingerprint density at radius 2 is 1.58 bits per heavy atom. The fourth-order valence-electron chi connectivity index (χ4n) is 4.63. The highest BCUT2D eigenvalue weighted by atomic mass is 19.4. The van der Waals surface area contributed by atoms with Crippen LogP contribution in [0, 0.1) is 0 Å². The molecule has 0 amide bonds. The van der Waals surface area contributed by atoms with Gasteiger partial charge in [-0.3, -0.25) is 4.68 Å². The lowest BCUT2D eigenvalue weighted by Gasteiger charge is -2.39. The molecule has 14 heteroatoms. The first-order valence-electron chi connectivity index (χ1n) is 13.4. The second-order valence-electron chi connectivity index (χ2n) is 9.88. The zero-order valence-corrected chi connectivity index (χ0v) is 23.7. The summed E-state index contributed by atoms with van der Waals surface area (Å²) < 4.78 is 70.3. The summed E-state index contributed by atoms with van der Waals surface area (Å²) in [4.78, 5) is 11.4. The second-order valence-corrected chi connectivity index (χ2v) is 9.88. The number of aromatic nitrogens is 2. The number of rotatable bonds is 10. The van der Waals surface area contributed by atoms with Gasteiger partial charge in [-0.15, -0.1) is 5.10 Å². The SMILES string of the molecule is CCc1ccc(Cc2c(O[C@@H]3O[C@H](COC(=O)OC)[C@@H](O)[C@H](O)[C@H]3O)nn(Cc3ccc(OC)cc3)c2C(F)(F)F)cc1. The molecule has 234 valence electrons. The largest absolute Gasteiger partial charge is 0.508 e. The van der Waals surface area contributed by atoms with E-state index in [1.165, 1.54) is 7.11 Å². The predicted octanol–water partition coefficient (Wildman–Crippen LogP) is 3.08. The summed E-state index contributed by atoms with van der Waals surface area (Å²) in [7, 11) is 2.53. The highest BCUT2D eigenvalue weighted by Gasteiger charge is 2.47. The molecule has 11 nitrogen and oxygen atoms in total. The summed E-state index contributed by atoms with van der Waals surface area (Å²) in [5.74, 6) is 0.0242. The molecule has 1 aromatic heterocycles. The first-order chi connectivity index (χ1) is 20.4. The van der Waals surface area contributed by atoms with E-state index in [0.29, 0.717) is 16.9 Å². The van der Waals surface area contributed by atoms with Crippen molar-refractivity contribution in [1.29, 1.82) is 0 Å². The van der Waals surface area contributed by atoms with Gasteiger partial charge in [-0.25, -0.2) is 4.79 Å². The van der Waals surface area contributed by atoms with Gasteiger partial charge in [-0.05, 0) is 35.2 Å². The number of methoxy groups -OCH3 is 2. The number of halogens is 3. The zero-order valence-electron chi connectivity index (χ0n) is 23.7. The van der Waals surface area contributed by atoms with Crippen LogP contribution >= 0.6 is 0 Å². The first kappa shape index (κ1) is 32.1. The van der Waals surface area contributed by atoms with Crippen molar-refractivity contribution in [2.45, 2.75) is 63.2 Å². The molecule has 0 aliphatic carbocycles. The normalized spacial score (nSPS) is 22.2. The number of aliphatic hydroxyl groups excluding tert-OH is 3. The maximum absolute atomic E-state index is 14.7. The van der Waals surface area contributed by atoms with E-state index in [1.54, 1.807) is 36.4 Å². The Kier molecular flexibility index (Phi) is 10.2. The van der Waals surface area contributed by atoms with Gasteiger partial charge in [-0.1, -0.05) is 43.3 Å². The molecule has 5 atom stereocenters. The number of nitrogens with zero attached hydrogens (tertiary/aromatic N) is 2. The van der Waals surface area contributed by atoms with E-state index >= 15 is 0 Å². The summed E-state index contributed by atoms with van der Waals surface area (Å²) in [6.45, 7) is 1.07. The van der Waals surface area contributed by atoms with Crippen LogP contribution in [0.2, 0.25) is 0 Å². The fourth-order valence-corrected chi connectivity index (χ4v) is 4.63. The summed E-state index contributed by atoms with van der Waals surface area (Å²) >= 11 is 0. The van der Waals surface area contributed by atoms with E-state index in [-0.39, 0.29) is 18.5 Å². The number of aliphatic hydroxyl groups is 3. The van der Waals surface area contributed by atoms with E-state index in [9.17, 15) is 33.3 Å². The van der Waals surface area contributed by atoms with Gasteiger partial charge in [0, 0.05) is 6.42 Å². The molecule has 0 spiro atoms. The molecule has 0 saturated carbocycles. The molecule has 3 N–H and O–H groups in total. The number of hydrogen-bond donors (Lipinski definition) is 3. The average molecular weight is 611 g/mol. The van der Waals surface area contributed by atoms with Crippen molar-refractivity contribution in [1.82, 2.24) is 9.78 Å². The Bertz CT molecular complexity index is 1360. The molecule has 43 heavy (non-hydrogen) atoms. The van der Waals surface area contributed by atoms with Crippen LogP contribution in [0.4, 0.5) is 18.0 Å². The van der Waals surface area contributed by atoms with Gasteiger partial charge in [0.15, 0.2) is 0 Å². The number of hydrogen-bond acceptors (Lipinski definition) is 10. The van der Waals surface area contributed by atoms with Crippen LogP contribution in [0.1, 0.15) is 34.9 Å². The molecule has 1 saturated heterocycles. The van der Waals surface area contributed by atoms with Crippen LogP contribution in [0.15, 0.2) is 48.5 Å². The van der Waals surface area contributed by atoms with E-state index < -0.39 is 61.2 Å². The topological polar surface area (TPSA) is 142 Å². The molecule has 2 heterocycles. The third kappa shape index (κ3) is 7.57. The van der Waals surface area contributed by atoms with Crippen LogP contribution in [0.25, 0.3) is 0 Å². The molecule has 0 radical (unpaired) electrons. The third-order valence-electron chi connectivity index (χ3n) is 7.01. The summed E-state index contributed by atoms with van der Waals surface area (Å²) in [5, 5.41) is 35.5. The van der Waals surface area contributed by atoms with Crippen LogP contribution < -0.4 is 9.47 Å². The Balaban J connectivity index is 1.73. The van der Waals surface area contributed by atoms with Gasteiger partial charge in [0.05, 0.1) is 26.3 Å². The molecule has 2 aromatic carbocycles. The highest BCUT2D eigenvalue weighted by molar-refractivity contribution is 5.59. The van der Waals surface area contributed by atoms with Gasteiger partial charge in [-0.2, -0.15) is 13.2 Å². The minimum absolute atomic E-state index is 0.236. The maximum atomic E-state index is 14.7.